The van der Waals surface area contributed by atoms with Crippen LogP contribution in [-0.4, -0.2) is 9.97 Å². The van der Waals surface area contributed by atoms with Gasteiger partial charge >= 0.3 is 0 Å². The van der Waals surface area contributed by atoms with Crippen LogP contribution in [0.5, 0.6) is 0 Å². The lowest BCUT2D eigenvalue weighted by Gasteiger charge is -2.26. The van der Waals surface area contributed by atoms with Crippen LogP contribution in [0.25, 0.3) is 88.9 Å². The Bertz CT molecular complexity index is 3160. The smallest absolute Gasteiger partial charge is 0.0781 e. The third-order valence-corrected chi connectivity index (χ3v) is 11.5. The number of anilines is 3. The molecule has 11 rings (SSSR count). The summed E-state index contributed by atoms with van der Waals surface area (Å²) in [4.78, 5) is 11.9. The van der Waals surface area contributed by atoms with Crippen molar-refractivity contribution in [2.45, 2.75) is 0 Å². The van der Waals surface area contributed by atoms with Gasteiger partial charge in [-0.25, -0.2) is 0 Å². The van der Waals surface area contributed by atoms with Crippen LogP contribution in [0.15, 0.2) is 225 Å². The van der Waals surface area contributed by atoms with Gasteiger partial charge in [0.25, 0.3) is 0 Å². The van der Waals surface area contributed by atoms with E-state index in [-0.39, 0.29) is 0 Å². The molecule has 3 nitrogen and oxygen atoms in total. The molecule has 0 atom stereocenters. The van der Waals surface area contributed by atoms with Gasteiger partial charge in [-0.3, -0.25) is 9.97 Å². The number of pyridine rings is 2. The first-order valence-electron chi connectivity index (χ1n) is 20.1. The molecular weight excluding hydrogens is 715 g/mol. The summed E-state index contributed by atoms with van der Waals surface area (Å²) in [5.41, 5.74) is 19.5. The molecule has 0 spiro atoms. The van der Waals surface area contributed by atoms with Crippen LogP contribution in [0.2, 0.25) is 0 Å². The van der Waals surface area contributed by atoms with E-state index in [4.69, 9.17) is 4.98 Å². The topological polar surface area (TPSA) is 29.0 Å². The summed E-state index contributed by atoms with van der Waals surface area (Å²) in [6.07, 6.45) is 3.78. The normalized spacial score (nSPS) is 11.4. The Morgan fingerprint density at radius 1 is 0.288 bits per heavy atom. The van der Waals surface area contributed by atoms with Crippen molar-refractivity contribution in [3.8, 4) is 78.1 Å². The number of para-hydroxylation sites is 1. The van der Waals surface area contributed by atoms with Crippen LogP contribution >= 0.6 is 0 Å². The van der Waals surface area contributed by atoms with Crippen molar-refractivity contribution in [3.63, 3.8) is 0 Å². The van der Waals surface area contributed by atoms with E-state index in [1.54, 1.807) is 0 Å². The van der Waals surface area contributed by atoms with Crippen molar-refractivity contribution >= 4 is 27.8 Å². The Morgan fingerprint density at radius 3 is 1.46 bits per heavy atom. The molecule has 1 aliphatic carbocycles. The molecule has 0 fully saturated rings. The fraction of sp³-hybridized carbons (Fsp3) is 0. The van der Waals surface area contributed by atoms with Gasteiger partial charge in [0.15, 0.2) is 0 Å². The maximum Gasteiger partial charge on any atom is 0.0781 e. The molecule has 0 amide bonds. The third-order valence-electron chi connectivity index (χ3n) is 11.5. The molecule has 0 aliphatic heterocycles. The molecule has 8 aromatic carbocycles. The van der Waals surface area contributed by atoms with Crippen LogP contribution in [0, 0.1) is 0 Å². The molecule has 0 radical (unpaired) electrons. The van der Waals surface area contributed by atoms with Crippen LogP contribution in [-0.2, 0) is 0 Å². The Kier molecular flexibility index (Phi) is 8.49. The Morgan fingerprint density at radius 2 is 0.814 bits per heavy atom. The first kappa shape index (κ1) is 34.4. The zero-order valence-corrected chi connectivity index (χ0v) is 32.2. The maximum absolute atomic E-state index is 4.99. The highest BCUT2D eigenvalue weighted by Gasteiger charge is 2.22. The van der Waals surface area contributed by atoms with Crippen molar-refractivity contribution in [1.82, 2.24) is 9.97 Å². The van der Waals surface area contributed by atoms with E-state index < -0.39 is 0 Å². The average molecular weight is 752 g/mol. The van der Waals surface area contributed by atoms with E-state index in [1.807, 2.05) is 24.5 Å². The zero-order valence-electron chi connectivity index (χ0n) is 32.2. The van der Waals surface area contributed by atoms with Gasteiger partial charge in [-0.1, -0.05) is 146 Å². The average Bonchev–Trinajstić information content (AvgIpc) is 3.31. The zero-order chi connectivity index (χ0) is 39.1. The predicted octanol–water partition coefficient (Wildman–Crippen LogP) is 15.1. The van der Waals surface area contributed by atoms with Crippen molar-refractivity contribution < 1.29 is 0 Å². The van der Waals surface area contributed by atoms with Gasteiger partial charge < -0.3 is 4.90 Å². The lowest BCUT2D eigenvalue weighted by molar-refractivity contribution is 1.27. The third kappa shape index (κ3) is 6.17. The molecule has 2 heterocycles. The minimum atomic E-state index is 0.942. The minimum absolute atomic E-state index is 0.942. The first-order chi connectivity index (χ1) is 29.3. The molecule has 276 valence electrons. The predicted molar refractivity (Wildman–Crippen MR) is 246 cm³/mol. The molecule has 0 unspecified atom stereocenters. The molecule has 0 bridgehead atoms. The summed E-state index contributed by atoms with van der Waals surface area (Å²) in [5.74, 6) is 0. The summed E-state index contributed by atoms with van der Waals surface area (Å²) in [6, 6.07) is 76.2. The van der Waals surface area contributed by atoms with Gasteiger partial charge in [-0.15, -0.1) is 0 Å². The lowest BCUT2D eigenvalue weighted by atomic mass is 9.80. The van der Waals surface area contributed by atoms with Crippen molar-refractivity contribution in [2.75, 3.05) is 4.90 Å². The largest absolute Gasteiger partial charge is 0.310 e. The number of aromatic nitrogens is 2. The van der Waals surface area contributed by atoms with Gasteiger partial charge in [0.2, 0.25) is 0 Å². The summed E-state index contributed by atoms with van der Waals surface area (Å²) < 4.78 is 0. The number of fused-ring (bicyclic) bond motifs is 9. The molecule has 59 heavy (non-hydrogen) atoms. The highest BCUT2D eigenvalue weighted by molar-refractivity contribution is 6.04. The highest BCUT2D eigenvalue weighted by Crippen LogP contribution is 2.48. The van der Waals surface area contributed by atoms with E-state index in [9.17, 15) is 0 Å². The molecule has 10 aromatic rings. The summed E-state index contributed by atoms with van der Waals surface area (Å²) in [7, 11) is 0. The van der Waals surface area contributed by atoms with Gasteiger partial charge in [-0.2, -0.15) is 0 Å². The lowest BCUT2D eigenvalue weighted by Crippen LogP contribution is -2.10. The standard InChI is InChI=1S/C56H37N3/c1-2-16-43(17-3-1)59(44-18-12-14-41(35-44)55-26-10-11-32-57-55)45-19-13-15-42(36-45)56-46-29-27-38(34-40(46)31-33-58-56)39-28-30-53-51-24-7-6-22-49(51)47-20-4-5-21-48(47)50-23-8-9-25-52(50)54(53)37-39/h1-37H. The number of hydrogen-bond acceptors (Lipinski definition) is 3. The van der Waals surface area contributed by atoms with Crippen LogP contribution in [0.4, 0.5) is 17.1 Å². The Balaban J connectivity index is 1.000. The fourth-order valence-corrected chi connectivity index (χ4v) is 8.78. The van der Waals surface area contributed by atoms with Gasteiger partial charge in [-0.05, 0) is 128 Å². The molecule has 0 N–H and O–H groups in total. The van der Waals surface area contributed by atoms with Crippen LogP contribution in [0.3, 0.4) is 0 Å². The number of rotatable bonds is 6. The molecular formula is C56H37N3. The fourth-order valence-electron chi connectivity index (χ4n) is 8.78. The maximum atomic E-state index is 4.99. The van der Waals surface area contributed by atoms with E-state index >= 15 is 0 Å². The molecule has 3 heteroatoms. The Hall–Kier alpha value is -7.88. The summed E-state index contributed by atoms with van der Waals surface area (Å²) in [5, 5.41) is 2.26. The van der Waals surface area contributed by atoms with E-state index in [2.05, 4.69) is 210 Å². The van der Waals surface area contributed by atoms with E-state index in [0.717, 1.165) is 50.3 Å². The molecule has 0 saturated carbocycles. The molecule has 0 saturated heterocycles. The quantitative estimate of drug-likeness (QED) is 0.169. The first-order valence-corrected chi connectivity index (χ1v) is 20.1. The highest BCUT2D eigenvalue weighted by atomic mass is 15.1. The van der Waals surface area contributed by atoms with Gasteiger partial charge in [0.05, 0.1) is 11.4 Å². The monoisotopic (exact) mass is 751 g/mol. The summed E-state index contributed by atoms with van der Waals surface area (Å²) in [6.45, 7) is 0. The number of benzene rings is 8. The van der Waals surface area contributed by atoms with Crippen molar-refractivity contribution in [1.29, 1.82) is 0 Å². The Labute approximate surface area is 344 Å². The second-order valence-corrected chi connectivity index (χ2v) is 15.0. The number of nitrogens with zero attached hydrogens (tertiary/aromatic N) is 3. The van der Waals surface area contributed by atoms with Crippen molar-refractivity contribution in [3.05, 3.63) is 225 Å². The second kappa shape index (κ2) is 14.6. The van der Waals surface area contributed by atoms with Crippen LogP contribution < -0.4 is 4.90 Å². The van der Waals surface area contributed by atoms with E-state index in [0.29, 0.717) is 0 Å². The SMILES string of the molecule is c1ccc(N(c2cccc(-c3ccccn3)c2)c2cccc(-c3nccc4cc(-c5ccc6c(c5)-c5ccccc5-c5ccccc5-c5ccccc5-6)ccc34)c2)cc1. The molecule has 2 aromatic heterocycles. The van der Waals surface area contributed by atoms with E-state index in [1.165, 1.54) is 55.6 Å². The molecule has 1 aliphatic rings. The second-order valence-electron chi connectivity index (χ2n) is 15.0. The number of hydrogen-bond donors (Lipinski definition) is 0. The minimum Gasteiger partial charge on any atom is -0.310 e. The summed E-state index contributed by atoms with van der Waals surface area (Å²) >= 11 is 0. The van der Waals surface area contributed by atoms with Gasteiger partial charge in [0, 0.05) is 46.0 Å². The van der Waals surface area contributed by atoms with Gasteiger partial charge in [0.1, 0.15) is 0 Å². The van der Waals surface area contributed by atoms with Crippen molar-refractivity contribution in [2.24, 2.45) is 0 Å². The van der Waals surface area contributed by atoms with Crippen LogP contribution in [0.1, 0.15) is 0 Å².